The predicted molar refractivity (Wildman–Crippen MR) is 109 cm³/mol. The van der Waals surface area contributed by atoms with Gasteiger partial charge in [-0.05, 0) is 59.9 Å². The van der Waals surface area contributed by atoms with Gasteiger partial charge in [0.15, 0.2) is 11.7 Å². The van der Waals surface area contributed by atoms with Gasteiger partial charge in [-0.15, -0.1) is 0 Å². The zero-order chi connectivity index (χ0) is 19.2. The first-order valence-corrected chi connectivity index (χ1v) is 8.81. The lowest BCUT2D eigenvalue weighted by Gasteiger charge is -2.19. The number of nitrogens with one attached hydrogen (secondary N) is 3. The van der Waals surface area contributed by atoms with Crippen molar-refractivity contribution in [1.82, 2.24) is 10.9 Å². The number of amides is 1. The van der Waals surface area contributed by atoms with Crippen LogP contribution in [0.2, 0.25) is 0 Å². The molecule has 0 aliphatic rings. The predicted octanol–water partition coefficient (Wildman–Crippen LogP) is 3.69. The summed E-state index contributed by atoms with van der Waals surface area (Å²) >= 11 is 5.15. The van der Waals surface area contributed by atoms with E-state index in [-0.39, 0.29) is 17.9 Å². The molecule has 0 aliphatic carbocycles. The lowest BCUT2D eigenvalue weighted by Crippen LogP contribution is -2.45. The number of hydrazine groups is 1. The van der Waals surface area contributed by atoms with E-state index in [1.165, 1.54) is 5.56 Å². The van der Waals surface area contributed by atoms with Gasteiger partial charge in [0.05, 0.1) is 0 Å². The van der Waals surface area contributed by atoms with Crippen molar-refractivity contribution in [2.24, 2.45) is 0 Å². The first-order valence-electron chi connectivity index (χ1n) is 8.40. The second-order valence-corrected chi connectivity index (χ2v) is 7.47. The maximum atomic E-state index is 11.9. The molecule has 0 saturated heterocycles. The van der Waals surface area contributed by atoms with E-state index in [0.717, 1.165) is 11.3 Å². The molecule has 0 aliphatic heterocycles. The minimum Gasteiger partial charge on any atom is -0.484 e. The zero-order valence-corrected chi connectivity index (χ0v) is 16.4. The summed E-state index contributed by atoms with van der Waals surface area (Å²) in [5.41, 5.74) is 8.43. The van der Waals surface area contributed by atoms with Gasteiger partial charge in [-0.1, -0.05) is 45.0 Å². The number of anilines is 1. The van der Waals surface area contributed by atoms with Crippen molar-refractivity contribution < 1.29 is 9.53 Å². The molecular formula is C20H25N3O2S. The van der Waals surface area contributed by atoms with Crippen molar-refractivity contribution in [3.8, 4) is 5.75 Å². The fourth-order valence-electron chi connectivity index (χ4n) is 2.25. The molecule has 0 saturated carbocycles. The minimum atomic E-state index is -0.321. The molecule has 2 aromatic rings. The van der Waals surface area contributed by atoms with Crippen molar-refractivity contribution in [2.75, 3.05) is 11.9 Å². The molecule has 5 nitrogen and oxygen atoms in total. The van der Waals surface area contributed by atoms with Gasteiger partial charge in [-0.3, -0.25) is 15.6 Å². The van der Waals surface area contributed by atoms with Gasteiger partial charge in [-0.2, -0.15) is 0 Å². The quantitative estimate of drug-likeness (QED) is 0.565. The SMILES string of the molecule is Cc1cccc(NC(=S)NNC(=O)COc2ccc(C(C)(C)C)cc2)c1. The monoisotopic (exact) mass is 371 g/mol. The Morgan fingerprint density at radius 2 is 1.77 bits per heavy atom. The Kier molecular flexibility index (Phi) is 6.58. The molecule has 2 rings (SSSR count). The molecule has 0 aromatic heterocycles. The molecule has 0 bridgehead atoms. The van der Waals surface area contributed by atoms with Crippen LogP contribution in [0.4, 0.5) is 5.69 Å². The normalized spacial score (nSPS) is 10.8. The van der Waals surface area contributed by atoms with E-state index in [9.17, 15) is 4.79 Å². The standard InChI is InChI=1S/C20H25N3O2S/c1-14-6-5-7-16(12-14)21-19(26)23-22-18(24)13-25-17-10-8-15(9-11-17)20(2,3)4/h5-12H,13H2,1-4H3,(H,22,24)(H2,21,23,26). The van der Waals surface area contributed by atoms with E-state index in [1.54, 1.807) is 0 Å². The Morgan fingerprint density at radius 1 is 1.08 bits per heavy atom. The van der Waals surface area contributed by atoms with Crippen LogP contribution < -0.4 is 20.9 Å². The summed E-state index contributed by atoms with van der Waals surface area (Å²) < 4.78 is 5.49. The van der Waals surface area contributed by atoms with Crippen LogP contribution in [0, 0.1) is 6.92 Å². The molecule has 0 atom stereocenters. The number of carbonyl (C=O) groups is 1. The number of benzene rings is 2. The highest BCUT2D eigenvalue weighted by Crippen LogP contribution is 2.24. The van der Waals surface area contributed by atoms with Crippen molar-refractivity contribution in [3.63, 3.8) is 0 Å². The van der Waals surface area contributed by atoms with Crippen LogP contribution in [0.3, 0.4) is 0 Å². The van der Waals surface area contributed by atoms with Crippen LogP contribution in [0.25, 0.3) is 0 Å². The summed E-state index contributed by atoms with van der Waals surface area (Å²) in [5.74, 6) is 0.326. The molecule has 1 amide bonds. The number of ether oxygens (including phenoxy) is 1. The van der Waals surface area contributed by atoms with Crippen molar-refractivity contribution in [1.29, 1.82) is 0 Å². The van der Waals surface area contributed by atoms with Crippen LogP contribution in [-0.2, 0) is 10.2 Å². The van der Waals surface area contributed by atoms with Gasteiger partial charge >= 0.3 is 0 Å². The molecule has 0 radical (unpaired) electrons. The van der Waals surface area contributed by atoms with Crippen LogP contribution >= 0.6 is 12.2 Å². The van der Waals surface area contributed by atoms with Crippen LogP contribution in [-0.4, -0.2) is 17.6 Å². The Hall–Kier alpha value is -2.60. The lowest BCUT2D eigenvalue weighted by molar-refractivity contribution is -0.123. The maximum Gasteiger partial charge on any atom is 0.276 e. The van der Waals surface area contributed by atoms with Gasteiger partial charge in [0, 0.05) is 5.69 Å². The number of carbonyl (C=O) groups excluding carboxylic acids is 1. The fourth-order valence-corrected chi connectivity index (χ4v) is 2.42. The highest BCUT2D eigenvalue weighted by Gasteiger charge is 2.13. The molecule has 2 aromatic carbocycles. The average Bonchev–Trinajstić information content (AvgIpc) is 2.58. The first kappa shape index (κ1) is 19.7. The molecule has 0 fully saturated rings. The van der Waals surface area contributed by atoms with E-state index >= 15 is 0 Å². The van der Waals surface area contributed by atoms with Crippen LogP contribution in [0.1, 0.15) is 31.9 Å². The molecule has 6 heteroatoms. The van der Waals surface area contributed by atoms with E-state index < -0.39 is 0 Å². The third-order valence-corrected chi connectivity index (χ3v) is 3.89. The van der Waals surface area contributed by atoms with E-state index in [1.807, 2.05) is 55.5 Å². The minimum absolute atomic E-state index is 0.0831. The summed E-state index contributed by atoms with van der Waals surface area (Å²) in [6.07, 6.45) is 0. The summed E-state index contributed by atoms with van der Waals surface area (Å²) in [6, 6.07) is 15.5. The van der Waals surface area contributed by atoms with Crippen molar-refractivity contribution in [3.05, 3.63) is 59.7 Å². The molecule has 26 heavy (non-hydrogen) atoms. The fraction of sp³-hybridized carbons (Fsp3) is 0.300. The molecular weight excluding hydrogens is 346 g/mol. The van der Waals surface area contributed by atoms with Gasteiger partial charge in [0.1, 0.15) is 5.75 Å². The van der Waals surface area contributed by atoms with Gasteiger partial charge in [0.25, 0.3) is 5.91 Å². The maximum absolute atomic E-state index is 11.9. The van der Waals surface area contributed by atoms with Gasteiger partial charge < -0.3 is 10.1 Å². The summed E-state index contributed by atoms with van der Waals surface area (Å²) in [7, 11) is 0. The molecule has 0 unspecified atom stereocenters. The third-order valence-electron chi connectivity index (χ3n) is 3.68. The average molecular weight is 372 g/mol. The van der Waals surface area contributed by atoms with Crippen LogP contribution in [0.15, 0.2) is 48.5 Å². The van der Waals surface area contributed by atoms with Crippen molar-refractivity contribution >= 4 is 28.9 Å². The van der Waals surface area contributed by atoms with Gasteiger partial charge in [0.2, 0.25) is 0 Å². The molecule has 0 heterocycles. The second-order valence-electron chi connectivity index (χ2n) is 7.06. The topological polar surface area (TPSA) is 62.4 Å². The number of rotatable bonds is 4. The molecule has 0 spiro atoms. The number of hydrogen-bond acceptors (Lipinski definition) is 3. The largest absolute Gasteiger partial charge is 0.484 e. The Bertz CT molecular complexity index is 767. The van der Waals surface area contributed by atoms with E-state index in [4.69, 9.17) is 17.0 Å². The lowest BCUT2D eigenvalue weighted by atomic mass is 9.87. The Balaban J connectivity index is 1.74. The Labute approximate surface area is 160 Å². The summed E-state index contributed by atoms with van der Waals surface area (Å²) in [4.78, 5) is 11.9. The molecule has 138 valence electrons. The second kappa shape index (κ2) is 8.67. The van der Waals surface area contributed by atoms with Crippen LogP contribution in [0.5, 0.6) is 5.75 Å². The summed E-state index contributed by atoms with van der Waals surface area (Å²) in [5, 5.41) is 3.30. The highest BCUT2D eigenvalue weighted by atomic mass is 32.1. The number of aryl methyl sites for hydroxylation is 1. The first-order chi connectivity index (χ1) is 12.2. The zero-order valence-electron chi connectivity index (χ0n) is 15.6. The number of hydrogen-bond donors (Lipinski definition) is 3. The Morgan fingerprint density at radius 3 is 2.38 bits per heavy atom. The van der Waals surface area contributed by atoms with Gasteiger partial charge in [-0.25, -0.2) is 0 Å². The van der Waals surface area contributed by atoms with E-state index in [0.29, 0.717) is 10.9 Å². The summed E-state index contributed by atoms with van der Waals surface area (Å²) in [6.45, 7) is 8.34. The van der Waals surface area contributed by atoms with E-state index in [2.05, 4.69) is 36.9 Å². The smallest absolute Gasteiger partial charge is 0.276 e. The third kappa shape index (κ3) is 6.37. The van der Waals surface area contributed by atoms with Crippen molar-refractivity contribution in [2.45, 2.75) is 33.1 Å². The highest BCUT2D eigenvalue weighted by molar-refractivity contribution is 7.80. The number of thiocarbonyl (C=S) groups is 1. The molecule has 3 N–H and O–H groups in total.